The molecule has 0 spiro atoms. The number of halogens is 4. The van der Waals surface area contributed by atoms with E-state index in [4.69, 9.17) is 0 Å². The summed E-state index contributed by atoms with van der Waals surface area (Å²) in [6.45, 7) is 3.08. The van der Waals surface area contributed by atoms with Crippen molar-refractivity contribution in [1.29, 1.82) is 0 Å². The molecular weight excluding hydrogens is 397 g/mol. The third kappa shape index (κ3) is 4.96. The van der Waals surface area contributed by atoms with Gasteiger partial charge in [-0.1, -0.05) is 12.1 Å². The number of benzene rings is 1. The summed E-state index contributed by atoms with van der Waals surface area (Å²) in [5.41, 5.74) is -0.294. The van der Waals surface area contributed by atoms with Crippen LogP contribution in [-0.4, -0.2) is 35.1 Å². The quantitative estimate of drug-likeness (QED) is 0.782. The number of carbonyl (C=O) groups excluding carboxylic acids is 1. The van der Waals surface area contributed by atoms with E-state index in [0.717, 1.165) is 0 Å². The topological polar surface area (TPSA) is 68.2 Å². The van der Waals surface area contributed by atoms with Gasteiger partial charge in [0.25, 0.3) is 0 Å². The molecule has 0 bridgehead atoms. The lowest BCUT2D eigenvalue weighted by atomic mass is 9.87. The molecule has 1 aliphatic rings. The van der Waals surface area contributed by atoms with Crippen LogP contribution in [0.5, 0.6) is 5.75 Å². The van der Waals surface area contributed by atoms with Gasteiger partial charge in [-0.25, -0.2) is 0 Å². The fraction of sp³-hybridized carbons (Fsp3) is 0.444. The molecule has 154 valence electrons. The molecule has 0 radical (unpaired) electrons. The minimum absolute atomic E-state index is 0. The number of rotatable bonds is 5. The highest BCUT2D eigenvalue weighted by Gasteiger charge is 2.42. The Hall–Kier alpha value is -2.26. The predicted molar refractivity (Wildman–Crippen MR) is 99.2 cm³/mol. The Labute approximate surface area is 166 Å². The van der Waals surface area contributed by atoms with Gasteiger partial charge in [-0.3, -0.25) is 9.48 Å². The summed E-state index contributed by atoms with van der Waals surface area (Å²) in [6.07, 6.45) is -0.231. The standard InChI is InChI=1S/C18H21F3N4O2.ClH/c1-13(14-4-2-5-15(12-14)27-18(19,20)21)24-16(26)17(6-9-22-10-7-17)25-11-3-8-23-25;/h2-5,8,11-13,22H,6-7,9-10H2,1H3,(H,24,26);1H. The monoisotopic (exact) mass is 418 g/mol. The van der Waals surface area contributed by atoms with Crippen molar-refractivity contribution in [2.75, 3.05) is 13.1 Å². The van der Waals surface area contributed by atoms with Gasteiger partial charge >= 0.3 is 6.36 Å². The van der Waals surface area contributed by atoms with E-state index in [1.165, 1.54) is 18.2 Å². The zero-order valence-electron chi connectivity index (χ0n) is 15.2. The number of amides is 1. The van der Waals surface area contributed by atoms with Crippen LogP contribution >= 0.6 is 12.4 Å². The third-order valence-corrected chi connectivity index (χ3v) is 4.74. The lowest BCUT2D eigenvalue weighted by Crippen LogP contribution is -2.55. The van der Waals surface area contributed by atoms with E-state index in [9.17, 15) is 18.0 Å². The minimum Gasteiger partial charge on any atom is -0.406 e. The molecule has 1 unspecified atom stereocenters. The number of alkyl halides is 3. The second-order valence-corrected chi connectivity index (χ2v) is 6.55. The van der Waals surface area contributed by atoms with Crippen molar-refractivity contribution < 1.29 is 22.7 Å². The van der Waals surface area contributed by atoms with E-state index < -0.39 is 17.9 Å². The van der Waals surface area contributed by atoms with Crippen molar-refractivity contribution in [2.45, 2.75) is 37.7 Å². The van der Waals surface area contributed by atoms with E-state index in [1.54, 1.807) is 36.1 Å². The molecule has 1 atom stereocenters. The Morgan fingerprint density at radius 1 is 1.32 bits per heavy atom. The number of ether oxygens (including phenoxy) is 1. The van der Waals surface area contributed by atoms with Crippen LogP contribution in [0.15, 0.2) is 42.7 Å². The predicted octanol–water partition coefficient (Wildman–Crippen LogP) is 3.16. The molecule has 1 aliphatic heterocycles. The zero-order valence-corrected chi connectivity index (χ0v) is 16.0. The van der Waals surface area contributed by atoms with Gasteiger partial charge in [-0.15, -0.1) is 25.6 Å². The van der Waals surface area contributed by atoms with Crippen LogP contribution in [0.25, 0.3) is 0 Å². The molecule has 3 rings (SSSR count). The van der Waals surface area contributed by atoms with E-state index in [2.05, 4.69) is 20.5 Å². The molecule has 1 aromatic heterocycles. The second-order valence-electron chi connectivity index (χ2n) is 6.55. The molecule has 1 amide bonds. The second kappa shape index (κ2) is 8.83. The van der Waals surface area contributed by atoms with Gasteiger partial charge in [0.2, 0.25) is 5.91 Å². The van der Waals surface area contributed by atoms with Gasteiger partial charge in [0.1, 0.15) is 11.3 Å². The average molecular weight is 419 g/mol. The number of nitrogens with zero attached hydrogens (tertiary/aromatic N) is 2. The minimum atomic E-state index is -4.76. The smallest absolute Gasteiger partial charge is 0.406 e. The average Bonchev–Trinajstić information content (AvgIpc) is 3.16. The molecule has 0 aliphatic carbocycles. The highest BCUT2D eigenvalue weighted by atomic mass is 35.5. The maximum Gasteiger partial charge on any atom is 0.573 e. The maximum absolute atomic E-state index is 13.1. The Morgan fingerprint density at radius 2 is 2.04 bits per heavy atom. The van der Waals surface area contributed by atoms with Crippen molar-refractivity contribution in [3.8, 4) is 5.75 Å². The van der Waals surface area contributed by atoms with Crippen LogP contribution in [0.3, 0.4) is 0 Å². The molecule has 2 N–H and O–H groups in total. The largest absolute Gasteiger partial charge is 0.573 e. The van der Waals surface area contributed by atoms with Crippen molar-refractivity contribution in [3.05, 3.63) is 48.3 Å². The van der Waals surface area contributed by atoms with Crippen LogP contribution in [0.1, 0.15) is 31.4 Å². The van der Waals surface area contributed by atoms with Crippen LogP contribution in [0.4, 0.5) is 13.2 Å². The van der Waals surface area contributed by atoms with E-state index in [1.807, 2.05) is 0 Å². The van der Waals surface area contributed by atoms with E-state index in [0.29, 0.717) is 31.5 Å². The molecule has 6 nitrogen and oxygen atoms in total. The summed E-state index contributed by atoms with van der Waals surface area (Å²) < 4.78 is 42.9. The molecule has 10 heteroatoms. The van der Waals surface area contributed by atoms with Gasteiger partial charge in [-0.2, -0.15) is 5.10 Å². The Kier molecular flexibility index (Phi) is 6.95. The normalized spacial score (nSPS) is 17.3. The summed E-state index contributed by atoms with van der Waals surface area (Å²) in [5, 5.41) is 10.4. The summed E-state index contributed by atoms with van der Waals surface area (Å²) in [7, 11) is 0. The molecule has 0 saturated carbocycles. The molecule has 28 heavy (non-hydrogen) atoms. The molecule has 1 saturated heterocycles. The SMILES string of the molecule is CC(NC(=O)C1(n2cccn2)CCNCC1)c1cccc(OC(F)(F)F)c1.Cl. The molecule has 1 fully saturated rings. The number of piperidine rings is 1. The fourth-order valence-corrected chi connectivity index (χ4v) is 3.32. The summed E-state index contributed by atoms with van der Waals surface area (Å²) in [5.74, 6) is -0.521. The van der Waals surface area contributed by atoms with Crippen LogP contribution in [0, 0.1) is 0 Å². The van der Waals surface area contributed by atoms with Crippen molar-refractivity contribution >= 4 is 18.3 Å². The Morgan fingerprint density at radius 3 is 2.64 bits per heavy atom. The first kappa shape index (κ1) is 22.0. The highest BCUT2D eigenvalue weighted by molar-refractivity contribution is 5.85. The lowest BCUT2D eigenvalue weighted by Gasteiger charge is -2.37. The van der Waals surface area contributed by atoms with Gasteiger partial charge < -0.3 is 15.4 Å². The van der Waals surface area contributed by atoms with Crippen molar-refractivity contribution in [2.24, 2.45) is 0 Å². The Bertz CT molecular complexity index is 777. The van der Waals surface area contributed by atoms with Crippen LogP contribution in [0.2, 0.25) is 0 Å². The number of hydrogen-bond donors (Lipinski definition) is 2. The first-order chi connectivity index (χ1) is 12.8. The zero-order chi connectivity index (χ0) is 19.5. The number of nitrogens with one attached hydrogen (secondary N) is 2. The highest BCUT2D eigenvalue weighted by Crippen LogP contribution is 2.29. The van der Waals surface area contributed by atoms with Gasteiger partial charge in [0, 0.05) is 12.4 Å². The summed E-state index contributed by atoms with van der Waals surface area (Å²) in [6, 6.07) is 6.89. The molecular formula is C18H22ClF3N4O2. The van der Waals surface area contributed by atoms with Crippen molar-refractivity contribution in [1.82, 2.24) is 20.4 Å². The van der Waals surface area contributed by atoms with Gasteiger partial charge in [0.05, 0.1) is 6.04 Å². The van der Waals surface area contributed by atoms with Crippen molar-refractivity contribution in [3.63, 3.8) is 0 Å². The first-order valence-electron chi connectivity index (χ1n) is 8.68. The van der Waals surface area contributed by atoms with E-state index in [-0.39, 0.29) is 24.1 Å². The number of carbonyl (C=O) groups is 1. The number of aromatic nitrogens is 2. The summed E-state index contributed by atoms with van der Waals surface area (Å²) >= 11 is 0. The Balaban J connectivity index is 0.00000280. The summed E-state index contributed by atoms with van der Waals surface area (Å²) in [4.78, 5) is 13.1. The molecule has 1 aromatic carbocycles. The van der Waals surface area contributed by atoms with Crippen LogP contribution < -0.4 is 15.4 Å². The van der Waals surface area contributed by atoms with Gasteiger partial charge in [-0.05, 0) is 56.6 Å². The number of hydrogen-bond acceptors (Lipinski definition) is 4. The molecule has 2 aromatic rings. The first-order valence-corrected chi connectivity index (χ1v) is 8.68. The van der Waals surface area contributed by atoms with E-state index >= 15 is 0 Å². The fourth-order valence-electron chi connectivity index (χ4n) is 3.32. The third-order valence-electron chi connectivity index (χ3n) is 4.74. The van der Waals surface area contributed by atoms with Gasteiger partial charge in [0.15, 0.2) is 0 Å². The molecule has 2 heterocycles. The lowest BCUT2D eigenvalue weighted by molar-refractivity contribution is -0.274. The maximum atomic E-state index is 13.1. The van der Waals surface area contributed by atoms with Crippen LogP contribution in [-0.2, 0) is 10.3 Å².